The van der Waals surface area contributed by atoms with E-state index in [4.69, 9.17) is 9.84 Å². The first kappa shape index (κ1) is 13.1. The average Bonchev–Trinajstić information content (AvgIpc) is 2.38. The molecule has 4 heteroatoms. The molecule has 0 atom stereocenters. The number of ether oxygens (including phenoxy) is 1. The van der Waals surface area contributed by atoms with Gasteiger partial charge in [-0.1, -0.05) is 6.07 Å². The molecule has 0 aromatic heterocycles. The van der Waals surface area contributed by atoms with Gasteiger partial charge in [-0.15, -0.1) is 0 Å². The van der Waals surface area contributed by atoms with E-state index in [2.05, 4.69) is 4.90 Å². The first-order chi connectivity index (χ1) is 8.70. The van der Waals surface area contributed by atoms with Crippen LogP contribution in [0.25, 0.3) is 0 Å². The van der Waals surface area contributed by atoms with Crippen LogP contribution < -0.4 is 0 Å². The lowest BCUT2D eigenvalue weighted by Gasteiger charge is -2.28. The molecule has 0 saturated carbocycles. The number of hydrogen-bond acceptors (Lipinski definition) is 3. The molecule has 2 rings (SSSR count). The Balaban J connectivity index is 2.02. The zero-order chi connectivity index (χ0) is 13.0. The smallest absolute Gasteiger partial charge is 0.335 e. The van der Waals surface area contributed by atoms with Crippen LogP contribution in [0.15, 0.2) is 18.2 Å². The fourth-order valence-electron chi connectivity index (χ4n) is 2.37. The molecule has 0 aliphatic carbocycles. The average molecular weight is 249 g/mol. The maximum atomic E-state index is 10.9. The van der Waals surface area contributed by atoms with Crippen molar-refractivity contribution in [1.82, 2.24) is 4.90 Å². The molecule has 1 aromatic carbocycles. The third-order valence-corrected chi connectivity index (χ3v) is 3.37. The summed E-state index contributed by atoms with van der Waals surface area (Å²) in [6.45, 7) is 3.67. The number of carbonyl (C=O) groups is 1. The van der Waals surface area contributed by atoms with Crippen LogP contribution in [0, 0.1) is 0 Å². The Morgan fingerprint density at radius 3 is 3.00 bits per heavy atom. The van der Waals surface area contributed by atoms with Crippen LogP contribution >= 0.6 is 0 Å². The number of rotatable bonds is 5. The van der Waals surface area contributed by atoms with Crippen molar-refractivity contribution in [2.24, 2.45) is 0 Å². The summed E-state index contributed by atoms with van der Waals surface area (Å²) >= 11 is 0. The minimum atomic E-state index is -0.852. The molecule has 0 amide bonds. The van der Waals surface area contributed by atoms with E-state index in [1.165, 1.54) is 5.56 Å². The Morgan fingerprint density at radius 2 is 2.28 bits per heavy atom. The van der Waals surface area contributed by atoms with Gasteiger partial charge in [0.1, 0.15) is 0 Å². The highest BCUT2D eigenvalue weighted by molar-refractivity contribution is 5.87. The maximum Gasteiger partial charge on any atom is 0.335 e. The van der Waals surface area contributed by atoms with Gasteiger partial charge >= 0.3 is 5.97 Å². The fourth-order valence-corrected chi connectivity index (χ4v) is 2.37. The predicted molar refractivity (Wildman–Crippen MR) is 68.9 cm³/mol. The molecule has 0 radical (unpaired) electrons. The zero-order valence-electron chi connectivity index (χ0n) is 10.7. The first-order valence-electron chi connectivity index (χ1n) is 6.27. The molecule has 0 bridgehead atoms. The number of benzene rings is 1. The Labute approximate surface area is 107 Å². The van der Waals surface area contributed by atoms with E-state index >= 15 is 0 Å². The summed E-state index contributed by atoms with van der Waals surface area (Å²) in [5, 5.41) is 9.00. The molecule has 1 aliphatic heterocycles. The first-order valence-corrected chi connectivity index (χ1v) is 6.27. The maximum absolute atomic E-state index is 10.9. The molecule has 4 nitrogen and oxygen atoms in total. The van der Waals surface area contributed by atoms with Crippen molar-refractivity contribution in [3.8, 4) is 0 Å². The molecule has 18 heavy (non-hydrogen) atoms. The van der Waals surface area contributed by atoms with Gasteiger partial charge in [-0.05, 0) is 36.1 Å². The van der Waals surface area contributed by atoms with E-state index in [0.29, 0.717) is 5.56 Å². The van der Waals surface area contributed by atoms with Gasteiger partial charge in [-0.3, -0.25) is 4.90 Å². The topological polar surface area (TPSA) is 49.8 Å². The highest BCUT2D eigenvalue weighted by atomic mass is 16.5. The summed E-state index contributed by atoms with van der Waals surface area (Å²) in [5.74, 6) is -0.852. The Kier molecular flexibility index (Phi) is 4.33. The summed E-state index contributed by atoms with van der Waals surface area (Å²) in [6.07, 6.45) is 2.02. The lowest BCUT2D eigenvalue weighted by molar-refractivity contribution is 0.0696. The van der Waals surface area contributed by atoms with Crippen LogP contribution in [-0.4, -0.2) is 42.8 Å². The zero-order valence-corrected chi connectivity index (χ0v) is 10.7. The van der Waals surface area contributed by atoms with Gasteiger partial charge in [-0.2, -0.15) is 0 Å². The molecule has 0 fully saturated rings. The number of methoxy groups -OCH3 is 1. The number of fused-ring (bicyclic) bond motifs is 1. The Morgan fingerprint density at radius 1 is 1.44 bits per heavy atom. The molecular weight excluding hydrogens is 230 g/mol. The van der Waals surface area contributed by atoms with Crippen LogP contribution in [0.3, 0.4) is 0 Å². The van der Waals surface area contributed by atoms with Crippen LogP contribution in [0.1, 0.15) is 27.9 Å². The minimum Gasteiger partial charge on any atom is -0.478 e. The van der Waals surface area contributed by atoms with Crippen molar-refractivity contribution in [3.05, 3.63) is 34.9 Å². The quantitative estimate of drug-likeness (QED) is 0.808. The number of aromatic carboxylic acids is 1. The van der Waals surface area contributed by atoms with Crippen molar-refractivity contribution in [2.45, 2.75) is 19.4 Å². The number of nitrogens with zero attached hydrogens (tertiary/aromatic N) is 1. The normalized spacial score (nSPS) is 15.4. The number of carboxylic acids is 1. The lowest BCUT2D eigenvalue weighted by Crippen LogP contribution is -2.32. The Hall–Kier alpha value is -1.39. The van der Waals surface area contributed by atoms with Crippen molar-refractivity contribution in [2.75, 3.05) is 26.8 Å². The summed E-state index contributed by atoms with van der Waals surface area (Å²) in [6, 6.07) is 5.45. The van der Waals surface area contributed by atoms with E-state index in [1.807, 2.05) is 6.07 Å². The Bertz CT molecular complexity index is 431. The van der Waals surface area contributed by atoms with E-state index in [9.17, 15) is 4.79 Å². The second kappa shape index (κ2) is 5.98. The second-order valence-electron chi connectivity index (χ2n) is 4.66. The van der Waals surface area contributed by atoms with Crippen molar-refractivity contribution >= 4 is 5.97 Å². The summed E-state index contributed by atoms with van der Waals surface area (Å²) < 4.78 is 5.05. The molecule has 0 saturated heterocycles. The van der Waals surface area contributed by atoms with Gasteiger partial charge < -0.3 is 9.84 Å². The van der Waals surface area contributed by atoms with Crippen LogP contribution in [-0.2, 0) is 17.7 Å². The molecule has 1 aromatic rings. The van der Waals surface area contributed by atoms with Crippen molar-refractivity contribution in [1.29, 1.82) is 0 Å². The van der Waals surface area contributed by atoms with Gasteiger partial charge in [0.05, 0.1) is 5.56 Å². The summed E-state index contributed by atoms with van der Waals surface area (Å²) in [7, 11) is 1.71. The van der Waals surface area contributed by atoms with Gasteiger partial charge in [0.15, 0.2) is 0 Å². The number of hydrogen-bond donors (Lipinski definition) is 1. The van der Waals surface area contributed by atoms with E-state index in [1.54, 1.807) is 19.2 Å². The highest BCUT2D eigenvalue weighted by Crippen LogP contribution is 2.20. The molecule has 1 heterocycles. The van der Waals surface area contributed by atoms with Gasteiger partial charge in [0.2, 0.25) is 0 Å². The van der Waals surface area contributed by atoms with E-state index in [-0.39, 0.29) is 0 Å². The van der Waals surface area contributed by atoms with Crippen LogP contribution in [0.4, 0.5) is 0 Å². The van der Waals surface area contributed by atoms with E-state index < -0.39 is 5.97 Å². The molecular formula is C14H19NO3. The number of carboxylic acid groups (broad SMARTS) is 1. The van der Waals surface area contributed by atoms with Gasteiger partial charge in [0.25, 0.3) is 0 Å². The molecule has 0 spiro atoms. The van der Waals surface area contributed by atoms with Gasteiger partial charge in [0, 0.05) is 33.4 Å². The minimum absolute atomic E-state index is 0.382. The molecule has 0 unspecified atom stereocenters. The molecule has 1 N–H and O–H groups in total. The molecule has 1 aliphatic rings. The standard InChI is InChI=1S/C14H19NO3/c1-18-8-2-6-15-7-5-11-3-4-12(14(16)17)9-13(11)10-15/h3-4,9H,2,5-8,10H2,1H3,(H,16,17). The summed E-state index contributed by atoms with van der Waals surface area (Å²) in [5.41, 5.74) is 2.81. The summed E-state index contributed by atoms with van der Waals surface area (Å²) in [4.78, 5) is 13.3. The monoisotopic (exact) mass is 249 g/mol. The van der Waals surface area contributed by atoms with Crippen LogP contribution in [0.5, 0.6) is 0 Å². The molecule has 98 valence electrons. The SMILES string of the molecule is COCCCN1CCc2ccc(C(=O)O)cc2C1. The lowest BCUT2D eigenvalue weighted by atomic mass is 9.97. The highest BCUT2D eigenvalue weighted by Gasteiger charge is 2.17. The van der Waals surface area contributed by atoms with Crippen molar-refractivity contribution in [3.63, 3.8) is 0 Å². The van der Waals surface area contributed by atoms with Gasteiger partial charge in [-0.25, -0.2) is 4.79 Å². The fraction of sp³-hybridized carbons (Fsp3) is 0.500. The second-order valence-corrected chi connectivity index (χ2v) is 4.66. The van der Waals surface area contributed by atoms with Crippen molar-refractivity contribution < 1.29 is 14.6 Å². The van der Waals surface area contributed by atoms with Crippen LogP contribution in [0.2, 0.25) is 0 Å². The third kappa shape index (κ3) is 3.09. The third-order valence-electron chi connectivity index (χ3n) is 3.37. The van der Waals surface area contributed by atoms with E-state index in [0.717, 1.165) is 44.6 Å². The largest absolute Gasteiger partial charge is 0.478 e. The predicted octanol–water partition coefficient (Wildman–Crippen LogP) is 1.78.